The topological polar surface area (TPSA) is 42.7 Å². The van der Waals surface area contributed by atoms with Crippen LogP contribution in [0.4, 0.5) is 0 Å². The molecule has 1 aliphatic rings. The molecule has 0 amide bonds. The number of fused-ring (bicyclic) bond motifs is 2. The molecule has 1 aliphatic heterocycles. The first-order chi connectivity index (χ1) is 9.83. The van der Waals surface area contributed by atoms with Gasteiger partial charge in [0, 0.05) is 19.8 Å². The van der Waals surface area contributed by atoms with Gasteiger partial charge in [-0.3, -0.25) is 4.98 Å². The summed E-state index contributed by atoms with van der Waals surface area (Å²) in [6.07, 6.45) is 4.63. The molecule has 4 nitrogen and oxygen atoms in total. The smallest absolute Gasteiger partial charge is 0.127 e. The van der Waals surface area contributed by atoms with E-state index in [1.807, 2.05) is 18.5 Å². The van der Waals surface area contributed by atoms with Crippen LogP contribution in [0.2, 0.25) is 0 Å². The first kappa shape index (κ1) is 11.6. The van der Waals surface area contributed by atoms with Gasteiger partial charge in [0.15, 0.2) is 0 Å². The molecule has 0 radical (unpaired) electrons. The molecule has 0 aliphatic carbocycles. The average molecular weight is 264 g/mol. The number of benzene rings is 1. The summed E-state index contributed by atoms with van der Waals surface area (Å²) in [5.74, 6) is 1.09. The van der Waals surface area contributed by atoms with E-state index in [1.165, 1.54) is 11.1 Å². The molecule has 1 aromatic carbocycles. The highest BCUT2D eigenvalue weighted by atomic mass is 15.1. The monoisotopic (exact) mass is 264 g/mol. The van der Waals surface area contributed by atoms with Gasteiger partial charge in [-0.25, -0.2) is 4.98 Å². The fraction of sp³-hybridized carbons (Fsp3) is 0.250. The fourth-order valence-electron chi connectivity index (χ4n) is 3.02. The Hall–Kier alpha value is -2.20. The Morgan fingerprint density at radius 3 is 2.90 bits per heavy atom. The third-order valence-electron chi connectivity index (χ3n) is 4.11. The lowest BCUT2D eigenvalue weighted by Gasteiger charge is -2.25. The van der Waals surface area contributed by atoms with Crippen LogP contribution in [0.3, 0.4) is 0 Å². The minimum Gasteiger partial charge on any atom is -0.330 e. The number of imidazole rings is 1. The lowest BCUT2D eigenvalue weighted by Crippen LogP contribution is -2.30. The van der Waals surface area contributed by atoms with Gasteiger partial charge < -0.3 is 9.88 Å². The quantitative estimate of drug-likeness (QED) is 0.733. The minimum atomic E-state index is 0.266. The predicted molar refractivity (Wildman–Crippen MR) is 78.2 cm³/mol. The van der Waals surface area contributed by atoms with Crippen molar-refractivity contribution in [1.82, 2.24) is 19.9 Å². The number of pyridine rings is 1. The summed E-state index contributed by atoms with van der Waals surface area (Å²) < 4.78 is 2.17. The van der Waals surface area contributed by atoms with Crippen LogP contribution < -0.4 is 5.32 Å². The molecular formula is C16H16N4. The highest BCUT2D eigenvalue weighted by molar-refractivity contribution is 5.74. The largest absolute Gasteiger partial charge is 0.330 e. The van der Waals surface area contributed by atoms with Crippen LogP contribution in [0.1, 0.15) is 23.0 Å². The summed E-state index contributed by atoms with van der Waals surface area (Å²) in [5, 5.41) is 3.59. The zero-order chi connectivity index (χ0) is 13.5. The van der Waals surface area contributed by atoms with Gasteiger partial charge in [-0.15, -0.1) is 0 Å². The third kappa shape index (κ3) is 1.72. The van der Waals surface area contributed by atoms with E-state index in [2.05, 4.69) is 46.2 Å². The van der Waals surface area contributed by atoms with Crippen LogP contribution in [0.25, 0.3) is 11.0 Å². The van der Waals surface area contributed by atoms with Gasteiger partial charge in [0.25, 0.3) is 0 Å². The molecule has 1 N–H and O–H groups in total. The van der Waals surface area contributed by atoms with Crippen molar-refractivity contribution in [2.45, 2.75) is 19.0 Å². The Morgan fingerprint density at radius 2 is 2.05 bits per heavy atom. The second-order valence-electron chi connectivity index (χ2n) is 5.30. The summed E-state index contributed by atoms with van der Waals surface area (Å²) in [4.78, 5) is 8.90. The molecule has 0 saturated carbocycles. The molecule has 100 valence electrons. The van der Waals surface area contributed by atoms with Crippen molar-refractivity contribution in [2.75, 3.05) is 0 Å². The lowest BCUT2D eigenvalue weighted by molar-refractivity contribution is 0.467. The van der Waals surface area contributed by atoms with Crippen molar-refractivity contribution in [2.24, 2.45) is 7.05 Å². The molecule has 1 unspecified atom stereocenters. The summed E-state index contributed by atoms with van der Waals surface area (Å²) in [5.41, 5.74) is 4.91. The number of nitrogens with one attached hydrogen (secondary N) is 1. The summed E-state index contributed by atoms with van der Waals surface area (Å²) in [6, 6.07) is 10.9. The maximum absolute atomic E-state index is 4.75. The van der Waals surface area contributed by atoms with Crippen molar-refractivity contribution in [3.05, 3.63) is 59.7 Å². The van der Waals surface area contributed by atoms with E-state index in [0.29, 0.717) is 0 Å². The first-order valence-corrected chi connectivity index (χ1v) is 6.89. The Balaban J connectivity index is 1.76. The van der Waals surface area contributed by atoms with Crippen LogP contribution in [0.5, 0.6) is 0 Å². The Labute approximate surface area is 117 Å². The van der Waals surface area contributed by atoms with Crippen molar-refractivity contribution in [1.29, 1.82) is 0 Å². The van der Waals surface area contributed by atoms with Crippen LogP contribution in [0.15, 0.2) is 42.7 Å². The van der Waals surface area contributed by atoms with E-state index < -0.39 is 0 Å². The van der Waals surface area contributed by atoms with Gasteiger partial charge in [-0.2, -0.15) is 0 Å². The maximum atomic E-state index is 4.75. The number of aryl methyl sites for hydroxylation is 1. The number of hydrogen-bond acceptors (Lipinski definition) is 3. The zero-order valence-corrected chi connectivity index (χ0v) is 11.4. The summed E-state index contributed by atoms with van der Waals surface area (Å²) >= 11 is 0. The number of aromatic nitrogens is 3. The number of rotatable bonds is 1. The standard InChI is InChI=1S/C16H16N4/c1-20-15-6-7-17-10-14(15)19-16(20)13-8-11-4-2-3-5-12(11)9-18-13/h2-7,10,13,18H,8-9H2,1H3. The first-order valence-electron chi connectivity index (χ1n) is 6.89. The molecule has 0 fully saturated rings. The molecule has 4 rings (SSSR count). The molecule has 3 heterocycles. The number of hydrogen-bond donors (Lipinski definition) is 1. The van der Waals surface area contributed by atoms with Crippen molar-refractivity contribution in [3.8, 4) is 0 Å². The van der Waals surface area contributed by atoms with Gasteiger partial charge >= 0.3 is 0 Å². The minimum absolute atomic E-state index is 0.266. The van der Waals surface area contributed by atoms with Crippen LogP contribution in [-0.4, -0.2) is 14.5 Å². The van der Waals surface area contributed by atoms with Gasteiger partial charge in [-0.05, 0) is 23.6 Å². The second kappa shape index (κ2) is 4.42. The Kier molecular flexibility index (Phi) is 2.57. The van der Waals surface area contributed by atoms with E-state index in [-0.39, 0.29) is 6.04 Å². The second-order valence-corrected chi connectivity index (χ2v) is 5.30. The summed E-state index contributed by atoms with van der Waals surface area (Å²) in [7, 11) is 2.08. The molecule has 0 saturated heterocycles. The van der Waals surface area contributed by atoms with E-state index in [9.17, 15) is 0 Å². The highest BCUT2D eigenvalue weighted by Crippen LogP contribution is 2.26. The van der Waals surface area contributed by atoms with Gasteiger partial charge in [0.05, 0.1) is 17.8 Å². The SMILES string of the molecule is Cn1c(C2Cc3ccccc3CN2)nc2cnccc21. The third-order valence-corrected chi connectivity index (χ3v) is 4.11. The van der Waals surface area contributed by atoms with Crippen molar-refractivity contribution < 1.29 is 0 Å². The van der Waals surface area contributed by atoms with Gasteiger partial charge in [0.1, 0.15) is 11.3 Å². The molecule has 0 bridgehead atoms. The molecule has 0 spiro atoms. The van der Waals surface area contributed by atoms with E-state index in [4.69, 9.17) is 4.98 Å². The number of nitrogens with zero attached hydrogens (tertiary/aromatic N) is 3. The van der Waals surface area contributed by atoms with Crippen LogP contribution >= 0.6 is 0 Å². The highest BCUT2D eigenvalue weighted by Gasteiger charge is 2.23. The summed E-state index contributed by atoms with van der Waals surface area (Å²) in [6.45, 7) is 0.905. The van der Waals surface area contributed by atoms with E-state index >= 15 is 0 Å². The zero-order valence-electron chi connectivity index (χ0n) is 11.4. The molecule has 2 aromatic heterocycles. The molecular weight excluding hydrogens is 248 g/mol. The van der Waals surface area contributed by atoms with E-state index in [1.54, 1.807) is 0 Å². The fourth-order valence-corrected chi connectivity index (χ4v) is 3.02. The van der Waals surface area contributed by atoms with Crippen LogP contribution in [0, 0.1) is 0 Å². The van der Waals surface area contributed by atoms with Crippen molar-refractivity contribution >= 4 is 11.0 Å². The van der Waals surface area contributed by atoms with Gasteiger partial charge in [-0.1, -0.05) is 24.3 Å². The lowest BCUT2D eigenvalue weighted by atomic mass is 9.95. The maximum Gasteiger partial charge on any atom is 0.127 e. The Bertz CT molecular complexity index is 775. The van der Waals surface area contributed by atoms with E-state index in [0.717, 1.165) is 29.8 Å². The molecule has 3 aromatic rings. The predicted octanol–water partition coefficient (Wildman–Crippen LogP) is 2.36. The molecule has 4 heteroatoms. The molecule has 20 heavy (non-hydrogen) atoms. The van der Waals surface area contributed by atoms with Crippen molar-refractivity contribution in [3.63, 3.8) is 0 Å². The average Bonchev–Trinajstić information content (AvgIpc) is 2.84. The molecule has 1 atom stereocenters. The van der Waals surface area contributed by atoms with Crippen LogP contribution in [-0.2, 0) is 20.0 Å². The Morgan fingerprint density at radius 1 is 1.20 bits per heavy atom. The van der Waals surface area contributed by atoms with Gasteiger partial charge in [0.2, 0.25) is 0 Å². The normalized spacial score (nSPS) is 18.1.